The lowest BCUT2D eigenvalue weighted by Gasteiger charge is -2.31. The number of nitrogens with zero attached hydrogens (tertiary/aromatic N) is 1. The SMILES string of the molecule is Cc1ccc(NC(=O)C2CNCCN2C)cc1C. The molecule has 4 nitrogen and oxygen atoms in total. The van der Waals surface area contributed by atoms with Gasteiger partial charge in [-0.25, -0.2) is 0 Å². The zero-order valence-electron chi connectivity index (χ0n) is 11.3. The molecule has 1 aliphatic heterocycles. The Morgan fingerprint density at radius 2 is 2.17 bits per heavy atom. The van der Waals surface area contributed by atoms with Crippen LogP contribution in [0.2, 0.25) is 0 Å². The van der Waals surface area contributed by atoms with Gasteiger partial charge >= 0.3 is 0 Å². The number of nitrogens with one attached hydrogen (secondary N) is 2. The maximum atomic E-state index is 12.2. The third kappa shape index (κ3) is 2.89. The van der Waals surface area contributed by atoms with Crippen LogP contribution in [0.3, 0.4) is 0 Å². The van der Waals surface area contributed by atoms with E-state index in [2.05, 4.69) is 29.4 Å². The number of piperazine rings is 1. The number of likely N-dealkylation sites (N-methyl/N-ethyl adjacent to an activating group) is 1. The molecule has 0 saturated carbocycles. The monoisotopic (exact) mass is 247 g/mol. The smallest absolute Gasteiger partial charge is 0.243 e. The molecule has 2 rings (SSSR count). The first-order valence-electron chi connectivity index (χ1n) is 6.37. The highest BCUT2D eigenvalue weighted by Crippen LogP contribution is 2.15. The summed E-state index contributed by atoms with van der Waals surface area (Å²) in [6, 6.07) is 5.92. The maximum Gasteiger partial charge on any atom is 0.243 e. The highest BCUT2D eigenvalue weighted by Gasteiger charge is 2.25. The number of aryl methyl sites for hydroxylation is 2. The molecule has 0 radical (unpaired) electrons. The van der Waals surface area contributed by atoms with Crippen LogP contribution in [-0.4, -0.2) is 43.5 Å². The Balaban J connectivity index is 2.04. The van der Waals surface area contributed by atoms with Crippen LogP contribution in [0.4, 0.5) is 5.69 Å². The normalized spacial score (nSPS) is 20.7. The van der Waals surface area contributed by atoms with Crippen molar-refractivity contribution in [2.75, 3.05) is 32.0 Å². The van der Waals surface area contributed by atoms with Crippen molar-refractivity contribution in [1.82, 2.24) is 10.2 Å². The van der Waals surface area contributed by atoms with Crippen LogP contribution in [0.5, 0.6) is 0 Å². The van der Waals surface area contributed by atoms with Gasteiger partial charge in [-0.3, -0.25) is 9.69 Å². The molecule has 2 N–H and O–H groups in total. The third-order valence-corrected chi connectivity index (χ3v) is 3.59. The fourth-order valence-corrected chi connectivity index (χ4v) is 2.14. The van der Waals surface area contributed by atoms with Crippen LogP contribution in [-0.2, 0) is 4.79 Å². The highest BCUT2D eigenvalue weighted by molar-refractivity contribution is 5.95. The van der Waals surface area contributed by atoms with Crippen LogP contribution in [0, 0.1) is 13.8 Å². The van der Waals surface area contributed by atoms with Crippen molar-refractivity contribution >= 4 is 11.6 Å². The number of carbonyl (C=O) groups is 1. The van der Waals surface area contributed by atoms with Gasteiger partial charge in [0.2, 0.25) is 5.91 Å². The quantitative estimate of drug-likeness (QED) is 0.824. The molecule has 1 saturated heterocycles. The van der Waals surface area contributed by atoms with Crippen molar-refractivity contribution < 1.29 is 4.79 Å². The molecule has 18 heavy (non-hydrogen) atoms. The lowest BCUT2D eigenvalue weighted by molar-refractivity contribution is -0.121. The molecule has 0 bridgehead atoms. The number of rotatable bonds is 2. The second-order valence-electron chi connectivity index (χ2n) is 4.99. The Hall–Kier alpha value is -1.39. The van der Waals surface area contributed by atoms with Gasteiger partial charge < -0.3 is 10.6 Å². The first-order chi connectivity index (χ1) is 8.58. The Labute approximate surface area is 108 Å². The molecule has 1 heterocycles. The minimum absolute atomic E-state index is 0.0629. The summed E-state index contributed by atoms with van der Waals surface area (Å²) in [6.45, 7) is 6.70. The summed E-state index contributed by atoms with van der Waals surface area (Å²) in [7, 11) is 1.99. The molecular weight excluding hydrogens is 226 g/mol. The molecule has 98 valence electrons. The van der Waals surface area contributed by atoms with E-state index in [1.165, 1.54) is 11.1 Å². The minimum atomic E-state index is -0.0830. The zero-order chi connectivity index (χ0) is 13.1. The fraction of sp³-hybridized carbons (Fsp3) is 0.500. The molecule has 1 aromatic rings. The average molecular weight is 247 g/mol. The number of anilines is 1. The largest absolute Gasteiger partial charge is 0.325 e. The molecule has 4 heteroatoms. The van der Waals surface area contributed by atoms with Crippen molar-refractivity contribution in [3.8, 4) is 0 Å². The van der Waals surface area contributed by atoms with Crippen molar-refractivity contribution in [2.24, 2.45) is 0 Å². The third-order valence-electron chi connectivity index (χ3n) is 3.59. The predicted molar refractivity (Wildman–Crippen MR) is 73.8 cm³/mol. The second-order valence-corrected chi connectivity index (χ2v) is 4.99. The number of hydrogen-bond donors (Lipinski definition) is 2. The molecule has 1 aromatic carbocycles. The molecule has 1 atom stereocenters. The van der Waals surface area contributed by atoms with Crippen molar-refractivity contribution in [1.29, 1.82) is 0 Å². The van der Waals surface area contributed by atoms with E-state index in [-0.39, 0.29) is 11.9 Å². The number of carbonyl (C=O) groups excluding carboxylic acids is 1. The van der Waals surface area contributed by atoms with Crippen LogP contribution in [0.1, 0.15) is 11.1 Å². The van der Waals surface area contributed by atoms with Gasteiger partial charge in [-0.05, 0) is 44.2 Å². The number of hydrogen-bond acceptors (Lipinski definition) is 3. The Bertz CT molecular complexity index is 445. The maximum absolute atomic E-state index is 12.2. The summed E-state index contributed by atoms with van der Waals surface area (Å²) >= 11 is 0. The topological polar surface area (TPSA) is 44.4 Å². The molecular formula is C14H21N3O. The molecule has 1 amide bonds. The predicted octanol–water partition coefficient (Wildman–Crippen LogP) is 1.15. The van der Waals surface area contributed by atoms with Crippen molar-refractivity contribution in [3.63, 3.8) is 0 Å². The van der Waals surface area contributed by atoms with Crippen molar-refractivity contribution in [2.45, 2.75) is 19.9 Å². The van der Waals surface area contributed by atoms with E-state index in [1.54, 1.807) is 0 Å². The Kier molecular flexibility index (Phi) is 3.99. The van der Waals surface area contributed by atoms with E-state index in [0.29, 0.717) is 6.54 Å². The first-order valence-corrected chi connectivity index (χ1v) is 6.37. The summed E-state index contributed by atoms with van der Waals surface area (Å²) in [5, 5.41) is 6.24. The Morgan fingerprint density at radius 1 is 1.39 bits per heavy atom. The van der Waals surface area contributed by atoms with Gasteiger partial charge in [0.1, 0.15) is 6.04 Å². The van der Waals surface area contributed by atoms with Gasteiger partial charge in [-0.1, -0.05) is 6.07 Å². The average Bonchev–Trinajstić information content (AvgIpc) is 2.34. The second kappa shape index (κ2) is 5.50. The molecule has 0 spiro atoms. The lowest BCUT2D eigenvalue weighted by atomic mass is 10.1. The lowest BCUT2D eigenvalue weighted by Crippen LogP contribution is -2.54. The Morgan fingerprint density at radius 3 is 2.83 bits per heavy atom. The summed E-state index contributed by atoms with van der Waals surface area (Å²) in [4.78, 5) is 14.3. The standard InChI is InChI=1S/C14H21N3O/c1-10-4-5-12(8-11(10)2)16-14(18)13-9-15-6-7-17(13)3/h4-5,8,13,15H,6-7,9H2,1-3H3,(H,16,18). The first kappa shape index (κ1) is 13.1. The van der Waals surface area contributed by atoms with Crippen LogP contribution >= 0.6 is 0 Å². The number of benzene rings is 1. The molecule has 0 aromatic heterocycles. The van der Waals surface area contributed by atoms with E-state index < -0.39 is 0 Å². The summed E-state index contributed by atoms with van der Waals surface area (Å²) in [5.41, 5.74) is 3.31. The van der Waals surface area contributed by atoms with Gasteiger partial charge in [0.25, 0.3) is 0 Å². The summed E-state index contributed by atoms with van der Waals surface area (Å²) in [5.74, 6) is 0.0629. The van der Waals surface area contributed by atoms with Gasteiger partial charge in [-0.15, -0.1) is 0 Å². The van der Waals surface area contributed by atoms with Gasteiger partial charge in [0.05, 0.1) is 0 Å². The van der Waals surface area contributed by atoms with Crippen LogP contribution in [0.15, 0.2) is 18.2 Å². The fourth-order valence-electron chi connectivity index (χ4n) is 2.14. The van der Waals surface area contributed by atoms with E-state index in [1.807, 2.05) is 25.2 Å². The van der Waals surface area contributed by atoms with Gasteiger partial charge in [0.15, 0.2) is 0 Å². The summed E-state index contributed by atoms with van der Waals surface area (Å²) in [6.07, 6.45) is 0. The molecule has 1 unspecified atom stereocenters. The van der Waals surface area contributed by atoms with Gasteiger partial charge in [-0.2, -0.15) is 0 Å². The van der Waals surface area contributed by atoms with E-state index in [0.717, 1.165) is 18.8 Å². The van der Waals surface area contributed by atoms with Crippen molar-refractivity contribution in [3.05, 3.63) is 29.3 Å². The number of amides is 1. The van der Waals surface area contributed by atoms with E-state index >= 15 is 0 Å². The molecule has 0 aliphatic carbocycles. The van der Waals surface area contributed by atoms with E-state index in [4.69, 9.17) is 0 Å². The summed E-state index contributed by atoms with van der Waals surface area (Å²) < 4.78 is 0. The van der Waals surface area contributed by atoms with E-state index in [9.17, 15) is 4.79 Å². The van der Waals surface area contributed by atoms with Gasteiger partial charge in [0, 0.05) is 25.3 Å². The zero-order valence-corrected chi connectivity index (χ0v) is 11.3. The molecule has 1 aliphatic rings. The van der Waals surface area contributed by atoms with Crippen LogP contribution < -0.4 is 10.6 Å². The molecule has 1 fully saturated rings. The minimum Gasteiger partial charge on any atom is -0.325 e. The highest BCUT2D eigenvalue weighted by atomic mass is 16.2. The van der Waals surface area contributed by atoms with Crippen LogP contribution in [0.25, 0.3) is 0 Å².